The summed E-state index contributed by atoms with van der Waals surface area (Å²) in [6.07, 6.45) is 2.00. The van der Waals surface area contributed by atoms with Gasteiger partial charge in [-0.25, -0.2) is 18.1 Å². The number of thiazole rings is 1. The highest BCUT2D eigenvalue weighted by molar-refractivity contribution is 7.91. The average Bonchev–Trinajstić information content (AvgIpc) is 2.79. The van der Waals surface area contributed by atoms with Gasteiger partial charge in [-0.2, -0.15) is 0 Å². The van der Waals surface area contributed by atoms with Crippen molar-refractivity contribution in [3.63, 3.8) is 0 Å². The Balaban J connectivity index is 0.00000200. The maximum atomic E-state index is 11.9. The van der Waals surface area contributed by atoms with Gasteiger partial charge >= 0.3 is 0 Å². The van der Waals surface area contributed by atoms with Crippen LogP contribution in [0.25, 0.3) is 0 Å². The van der Waals surface area contributed by atoms with Crippen molar-refractivity contribution in [2.24, 2.45) is 0 Å². The molecule has 0 radical (unpaired) electrons. The molecule has 2 aromatic rings. The Hall–Kier alpha value is -1.15. The molecule has 0 fully saturated rings. The van der Waals surface area contributed by atoms with Crippen molar-refractivity contribution in [3.05, 3.63) is 41.0 Å². The normalized spacial score (nSPS) is 11.1. The maximum absolute atomic E-state index is 11.9. The molecule has 0 aliphatic heterocycles. The first kappa shape index (κ1) is 16.9. The zero-order valence-electron chi connectivity index (χ0n) is 10.9. The van der Waals surface area contributed by atoms with Crippen LogP contribution >= 0.6 is 23.7 Å². The lowest BCUT2D eigenvalue weighted by Crippen LogP contribution is -2.25. The van der Waals surface area contributed by atoms with Crippen LogP contribution in [-0.4, -0.2) is 19.9 Å². The molecule has 0 saturated heterocycles. The summed E-state index contributed by atoms with van der Waals surface area (Å²) in [7, 11) is -3.44. The molecule has 0 amide bonds. The monoisotopic (exact) mass is 333 g/mol. The lowest BCUT2D eigenvalue weighted by atomic mass is 10.1. The molecule has 0 unspecified atom stereocenters. The van der Waals surface area contributed by atoms with Gasteiger partial charge < -0.3 is 5.73 Å². The zero-order chi connectivity index (χ0) is 13.9. The summed E-state index contributed by atoms with van der Waals surface area (Å²) in [6, 6.07) is 7.38. The van der Waals surface area contributed by atoms with Crippen LogP contribution in [0, 0.1) is 6.92 Å². The van der Waals surface area contributed by atoms with Crippen molar-refractivity contribution in [3.8, 4) is 0 Å². The van der Waals surface area contributed by atoms with Crippen LogP contribution < -0.4 is 10.5 Å². The Morgan fingerprint density at radius 1 is 1.30 bits per heavy atom. The third-order valence-corrected chi connectivity index (χ3v) is 5.39. The number of nitrogens with two attached hydrogens (primary N) is 1. The maximum Gasteiger partial charge on any atom is 0.251 e. The van der Waals surface area contributed by atoms with E-state index in [9.17, 15) is 8.42 Å². The molecule has 1 heterocycles. The number of anilines is 1. The molecule has 1 aromatic heterocycles. The van der Waals surface area contributed by atoms with Crippen molar-refractivity contribution in [1.29, 1.82) is 0 Å². The minimum absolute atomic E-state index is 0. The minimum Gasteiger partial charge on any atom is -0.399 e. The van der Waals surface area contributed by atoms with Crippen molar-refractivity contribution in [2.45, 2.75) is 17.6 Å². The standard InChI is InChI=1S/C12H15N3O2S2.ClH/c1-9-14-8-12(18-9)19(16,17)15-7-6-10-2-4-11(13)5-3-10;/h2-5,8,15H,6-7,13H2,1H3;1H. The number of hydrogen-bond donors (Lipinski definition) is 2. The molecule has 3 N–H and O–H groups in total. The summed E-state index contributed by atoms with van der Waals surface area (Å²) in [4.78, 5) is 3.94. The van der Waals surface area contributed by atoms with Gasteiger partial charge in [0.1, 0.15) is 0 Å². The van der Waals surface area contributed by atoms with Crippen molar-refractivity contribution < 1.29 is 8.42 Å². The van der Waals surface area contributed by atoms with E-state index >= 15 is 0 Å². The number of sulfonamides is 1. The molecule has 20 heavy (non-hydrogen) atoms. The number of halogens is 1. The first-order chi connectivity index (χ1) is 8.97. The average molecular weight is 334 g/mol. The molecule has 0 aliphatic carbocycles. The van der Waals surface area contributed by atoms with Crippen LogP contribution in [0.1, 0.15) is 10.6 Å². The van der Waals surface area contributed by atoms with E-state index in [1.807, 2.05) is 12.1 Å². The number of aryl methyl sites for hydroxylation is 1. The molecule has 1 aromatic carbocycles. The van der Waals surface area contributed by atoms with Crippen LogP contribution in [0.3, 0.4) is 0 Å². The van der Waals surface area contributed by atoms with Crippen LogP contribution in [0.5, 0.6) is 0 Å². The summed E-state index contributed by atoms with van der Waals surface area (Å²) in [5, 5.41) is 0.735. The van der Waals surface area contributed by atoms with Gasteiger partial charge in [-0.05, 0) is 31.0 Å². The Morgan fingerprint density at radius 2 is 1.95 bits per heavy atom. The molecule has 5 nitrogen and oxygen atoms in total. The molecule has 0 atom stereocenters. The van der Waals surface area contributed by atoms with E-state index < -0.39 is 10.0 Å². The summed E-state index contributed by atoms with van der Waals surface area (Å²) < 4.78 is 26.7. The summed E-state index contributed by atoms with van der Waals surface area (Å²) in [5.74, 6) is 0. The van der Waals surface area contributed by atoms with Crippen LogP contribution in [0.15, 0.2) is 34.7 Å². The van der Waals surface area contributed by atoms with E-state index in [1.165, 1.54) is 6.20 Å². The van der Waals surface area contributed by atoms with Crippen LogP contribution in [0.4, 0.5) is 5.69 Å². The number of nitrogens with zero attached hydrogens (tertiary/aromatic N) is 1. The second-order valence-electron chi connectivity index (χ2n) is 4.09. The van der Waals surface area contributed by atoms with E-state index in [2.05, 4.69) is 9.71 Å². The Labute approximate surface area is 128 Å². The molecule has 8 heteroatoms. The van der Waals surface area contributed by atoms with Gasteiger partial charge in [0.2, 0.25) is 0 Å². The van der Waals surface area contributed by atoms with Crippen molar-refractivity contribution >= 4 is 39.5 Å². The van der Waals surface area contributed by atoms with E-state index in [-0.39, 0.29) is 16.6 Å². The minimum atomic E-state index is -3.44. The predicted octanol–water partition coefficient (Wildman–Crippen LogP) is 1.98. The Bertz CT molecular complexity index is 654. The van der Waals surface area contributed by atoms with Crippen LogP contribution in [0.2, 0.25) is 0 Å². The van der Waals surface area contributed by atoms with Gasteiger partial charge in [0.05, 0.1) is 11.2 Å². The van der Waals surface area contributed by atoms with Gasteiger partial charge in [0, 0.05) is 12.2 Å². The number of benzene rings is 1. The lowest BCUT2D eigenvalue weighted by Gasteiger charge is -2.04. The topological polar surface area (TPSA) is 85.1 Å². The third-order valence-electron chi connectivity index (χ3n) is 2.55. The molecular formula is C12H16ClN3O2S2. The molecule has 2 rings (SSSR count). The van der Waals surface area contributed by atoms with Crippen LogP contribution in [-0.2, 0) is 16.4 Å². The largest absolute Gasteiger partial charge is 0.399 e. The number of aromatic nitrogens is 1. The van der Waals surface area contributed by atoms with E-state index in [0.717, 1.165) is 21.9 Å². The Kier molecular flexibility index (Phi) is 5.94. The Morgan fingerprint density at radius 3 is 2.50 bits per heavy atom. The van der Waals surface area contributed by atoms with E-state index in [4.69, 9.17) is 5.73 Å². The first-order valence-electron chi connectivity index (χ1n) is 5.74. The van der Waals surface area contributed by atoms with Gasteiger partial charge in [-0.15, -0.1) is 23.7 Å². The smallest absolute Gasteiger partial charge is 0.251 e. The molecule has 110 valence electrons. The van der Waals surface area contributed by atoms with Gasteiger partial charge in [0.25, 0.3) is 10.0 Å². The second-order valence-corrected chi connectivity index (χ2v) is 7.32. The quantitative estimate of drug-likeness (QED) is 0.819. The number of nitrogens with one attached hydrogen (secondary N) is 1. The SMILES string of the molecule is Cc1ncc(S(=O)(=O)NCCc2ccc(N)cc2)s1.Cl. The summed E-state index contributed by atoms with van der Waals surface area (Å²) >= 11 is 1.16. The molecule has 0 spiro atoms. The predicted molar refractivity (Wildman–Crippen MR) is 83.8 cm³/mol. The van der Waals surface area contributed by atoms with Crippen molar-refractivity contribution in [1.82, 2.24) is 9.71 Å². The highest BCUT2D eigenvalue weighted by Gasteiger charge is 2.16. The number of rotatable bonds is 5. The first-order valence-corrected chi connectivity index (χ1v) is 8.04. The highest BCUT2D eigenvalue weighted by Crippen LogP contribution is 2.17. The molecule has 0 aliphatic rings. The fraction of sp³-hybridized carbons (Fsp3) is 0.250. The summed E-state index contributed by atoms with van der Waals surface area (Å²) in [5.41, 5.74) is 7.32. The third kappa shape index (κ3) is 4.45. The van der Waals surface area contributed by atoms with Crippen molar-refractivity contribution in [2.75, 3.05) is 12.3 Å². The fourth-order valence-electron chi connectivity index (χ4n) is 1.55. The van der Waals surface area contributed by atoms with E-state index in [0.29, 0.717) is 18.7 Å². The van der Waals surface area contributed by atoms with E-state index in [1.54, 1.807) is 19.1 Å². The number of hydrogen-bond acceptors (Lipinski definition) is 5. The lowest BCUT2D eigenvalue weighted by molar-refractivity contribution is 0.583. The summed E-state index contributed by atoms with van der Waals surface area (Å²) in [6.45, 7) is 2.13. The molecular weight excluding hydrogens is 318 g/mol. The second kappa shape index (κ2) is 7.03. The van der Waals surface area contributed by atoms with Gasteiger partial charge in [-0.3, -0.25) is 0 Å². The van der Waals surface area contributed by atoms with Gasteiger partial charge in [-0.1, -0.05) is 12.1 Å². The molecule has 0 bridgehead atoms. The van der Waals surface area contributed by atoms with Gasteiger partial charge in [0.15, 0.2) is 4.21 Å². The highest BCUT2D eigenvalue weighted by atomic mass is 35.5. The fourth-order valence-corrected chi connectivity index (χ4v) is 3.74. The number of nitrogen functional groups attached to an aromatic ring is 1. The zero-order valence-corrected chi connectivity index (χ0v) is 13.3. The molecule has 0 saturated carbocycles.